The molecule has 1 aromatic carbocycles. The first-order valence-electron chi connectivity index (χ1n) is 4.32. The van der Waals surface area contributed by atoms with Gasteiger partial charge in [-0.2, -0.15) is 0 Å². The van der Waals surface area contributed by atoms with Crippen LogP contribution in [0.5, 0.6) is 0 Å². The lowest BCUT2D eigenvalue weighted by Crippen LogP contribution is -2.11. The van der Waals surface area contributed by atoms with E-state index < -0.39 is 10.0 Å². The van der Waals surface area contributed by atoms with Gasteiger partial charge in [-0.05, 0) is 24.3 Å². The lowest BCUT2D eigenvalue weighted by atomic mass is 10.3. The number of aromatic amines is 1. The minimum absolute atomic E-state index is 0.0678. The fourth-order valence-electron chi connectivity index (χ4n) is 1.14. The van der Waals surface area contributed by atoms with Crippen LogP contribution >= 0.6 is 0 Å². The number of primary sulfonamides is 1. The average molecular weight is 239 g/mol. The molecule has 1 aromatic heterocycles. The zero-order valence-electron chi connectivity index (χ0n) is 8.08. The monoisotopic (exact) mass is 239 g/mol. The SMILES string of the molecule is NS(=O)(=O)c1ccc(Nc2c[nH]nn2)cc1. The smallest absolute Gasteiger partial charge is 0.238 e. The van der Waals surface area contributed by atoms with Crippen LogP contribution in [-0.4, -0.2) is 23.8 Å². The highest BCUT2D eigenvalue weighted by Gasteiger charge is 2.06. The maximum atomic E-state index is 11.0. The normalized spacial score (nSPS) is 11.3. The van der Waals surface area contributed by atoms with Gasteiger partial charge >= 0.3 is 0 Å². The maximum absolute atomic E-state index is 11.0. The Labute approximate surface area is 91.7 Å². The van der Waals surface area contributed by atoms with Crippen LogP contribution in [0.15, 0.2) is 35.4 Å². The first-order valence-corrected chi connectivity index (χ1v) is 5.87. The fraction of sp³-hybridized carbons (Fsp3) is 0. The topological polar surface area (TPSA) is 114 Å². The molecule has 2 rings (SSSR count). The Kier molecular flexibility index (Phi) is 2.59. The van der Waals surface area contributed by atoms with Crippen LogP contribution in [0, 0.1) is 0 Å². The molecule has 0 bridgehead atoms. The first-order chi connectivity index (χ1) is 7.55. The van der Waals surface area contributed by atoms with Crippen molar-refractivity contribution >= 4 is 21.5 Å². The molecular formula is C8H9N5O2S. The van der Waals surface area contributed by atoms with Crippen LogP contribution in [0.4, 0.5) is 11.5 Å². The zero-order valence-corrected chi connectivity index (χ0v) is 8.90. The predicted octanol–water partition coefficient (Wildman–Crippen LogP) is 0.196. The Morgan fingerprint density at radius 3 is 2.44 bits per heavy atom. The minimum Gasteiger partial charge on any atom is -0.337 e. The molecule has 8 heteroatoms. The van der Waals surface area contributed by atoms with E-state index in [9.17, 15) is 8.42 Å². The molecule has 0 radical (unpaired) electrons. The summed E-state index contributed by atoms with van der Waals surface area (Å²) in [6, 6.07) is 6.01. The lowest BCUT2D eigenvalue weighted by molar-refractivity contribution is 0.598. The van der Waals surface area contributed by atoms with Crippen LogP contribution in [0.2, 0.25) is 0 Å². The van der Waals surface area contributed by atoms with Crippen molar-refractivity contribution in [2.75, 3.05) is 5.32 Å². The van der Waals surface area contributed by atoms with Gasteiger partial charge in [-0.1, -0.05) is 5.21 Å². The molecule has 0 spiro atoms. The van der Waals surface area contributed by atoms with Crippen LogP contribution in [0.1, 0.15) is 0 Å². The van der Waals surface area contributed by atoms with Gasteiger partial charge < -0.3 is 5.32 Å². The summed E-state index contributed by atoms with van der Waals surface area (Å²) >= 11 is 0. The highest BCUT2D eigenvalue weighted by molar-refractivity contribution is 7.89. The zero-order chi connectivity index (χ0) is 11.6. The van der Waals surface area contributed by atoms with Gasteiger partial charge in [-0.15, -0.1) is 5.10 Å². The van der Waals surface area contributed by atoms with E-state index in [-0.39, 0.29) is 4.90 Å². The Bertz CT molecular complexity index is 561. The van der Waals surface area contributed by atoms with Crippen LogP contribution in [-0.2, 0) is 10.0 Å². The number of benzene rings is 1. The molecule has 0 aliphatic carbocycles. The number of hydrogen-bond donors (Lipinski definition) is 3. The van der Waals surface area contributed by atoms with Crippen LogP contribution in [0.3, 0.4) is 0 Å². The number of sulfonamides is 1. The van der Waals surface area contributed by atoms with Crippen molar-refractivity contribution in [3.05, 3.63) is 30.5 Å². The Hall–Kier alpha value is -1.93. The molecule has 0 fully saturated rings. The number of aromatic nitrogens is 3. The summed E-state index contributed by atoms with van der Waals surface area (Å²) in [4.78, 5) is 0.0678. The number of anilines is 2. The molecular weight excluding hydrogens is 230 g/mol. The van der Waals surface area contributed by atoms with E-state index in [1.165, 1.54) is 12.1 Å². The van der Waals surface area contributed by atoms with E-state index in [4.69, 9.17) is 5.14 Å². The van der Waals surface area contributed by atoms with Gasteiger partial charge in [0.15, 0.2) is 5.82 Å². The van der Waals surface area contributed by atoms with E-state index in [1.807, 2.05) is 0 Å². The third kappa shape index (κ3) is 2.35. The molecule has 0 atom stereocenters. The third-order valence-electron chi connectivity index (χ3n) is 1.87. The average Bonchev–Trinajstić information content (AvgIpc) is 2.70. The quantitative estimate of drug-likeness (QED) is 0.707. The summed E-state index contributed by atoms with van der Waals surface area (Å²) < 4.78 is 22.0. The van der Waals surface area contributed by atoms with Crippen LogP contribution in [0.25, 0.3) is 0 Å². The second-order valence-corrected chi connectivity index (χ2v) is 4.61. The van der Waals surface area contributed by atoms with Crippen LogP contribution < -0.4 is 10.5 Å². The highest BCUT2D eigenvalue weighted by atomic mass is 32.2. The van der Waals surface area contributed by atoms with E-state index in [0.29, 0.717) is 11.5 Å². The van der Waals surface area contributed by atoms with Gasteiger partial charge in [0.2, 0.25) is 10.0 Å². The van der Waals surface area contributed by atoms with Gasteiger partial charge in [-0.25, -0.2) is 13.6 Å². The van der Waals surface area contributed by atoms with E-state index in [0.717, 1.165) is 0 Å². The summed E-state index contributed by atoms with van der Waals surface area (Å²) in [6.45, 7) is 0. The second-order valence-electron chi connectivity index (χ2n) is 3.05. The second kappa shape index (κ2) is 3.91. The Morgan fingerprint density at radius 2 is 1.94 bits per heavy atom. The summed E-state index contributed by atoms with van der Waals surface area (Å²) in [6.07, 6.45) is 1.58. The molecule has 0 amide bonds. The molecule has 0 unspecified atom stereocenters. The number of hydrogen-bond acceptors (Lipinski definition) is 5. The molecule has 16 heavy (non-hydrogen) atoms. The third-order valence-corrected chi connectivity index (χ3v) is 2.80. The number of rotatable bonds is 3. The summed E-state index contributed by atoms with van der Waals surface area (Å²) in [5, 5.41) is 17.7. The number of H-pyrrole nitrogens is 1. The van der Waals surface area contributed by atoms with Crippen molar-refractivity contribution in [3.8, 4) is 0 Å². The largest absolute Gasteiger partial charge is 0.337 e. The number of nitrogens with zero attached hydrogens (tertiary/aromatic N) is 2. The summed E-state index contributed by atoms with van der Waals surface area (Å²) in [5.74, 6) is 0.545. The van der Waals surface area contributed by atoms with Crippen molar-refractivity contribution < 1.29 is 8.42 Å². The molecule has 1 heterocycles. The highest BCUT2D eigenvalue weighted by Crippen LogP contribution is 2.15. The number of nitrogens with two attached hydrogens (primary N) is 1. The minimum atomic E-state index is -3.64. The van der Waals surface area contributed by atoms with Gasteiger partial charge in [-0.3, -0.25) is 5.10 Å². The molecule has 0 saturated carbocycles. The van der Waals surface area contributed by atoms with Crippen molar-refractivity contribution in [2.45, 2.75) is 4.90 Å². The molecule has 2 aromatic rings. The van der Waals surface area contributed by atoms with Crippen molar-refractivity contribution in [1.29, 1.82) is 0 Å². The summed E-state index contributed by atoms with van der Waals surface area (Å²) in [5.41, 5.74) is 0.696. The molecule has 84 valence electrons. The van der Waals surface area contributed by atoms with Gasteiger partial charge in [0, 0.05) is 5.69 Å². The van der Waals surface area contributed by atoms with E-state index in [2.05, 4.69) is 20.7 Å². The predicted molar refractivity (Wildman–Crippen MR) is 57.5 cm³/mol. The van der Waals surface area contributed by atoms with Gasteiger partial charge in [0.05, 0.1) is 11.1 Å². The van der Waals surface area contributed by atoms with Crippen molar-refractivity contribution in [2.24, 2.45) is 5.14 Å². The van der Waals surface area contributed by atoms with Gasteiger partial charge in [0.1, 0.15) is 0 Å². The molecule has 0 aliphatic rings. The molecule has 7 nitrogen and oxygen atoms in total. The standard InChI is InChI=1S/C8H9N5O2S/c9-16(14,15)7-3-1-6(2-4-7)11-8-5-10-13-12-8/h1-5H,(H2,9,14,15)(H2,10,11,12,13). The van der Waals surface area contributed by atoms with E-state index in [1.54, 1.807) is 18.3 Å². The maximum Gasteiger partial charge on any atom is 0.238 e. The fourth-order valence-corrected chi connectivity index (χ4v) is 1.65. The van der Waals surface area contributed by atoms with Crippen molar-refractivity contribution in [3.63, 3.8) is 0 Å². The van der Waals surface area contributed by atoms with Gasteiger partial charge in [0.25, 0.3) is 0 Å². The van der Waals surface area contributed by atoms with E-state index >= 15 is 0 Å². The van der Waals surface area contributed by atoms with Crippen molar-refractivity contribution in [1.82, 2.24) is 15.4 Å². The molecule has 4 N–H and O–H groups in total. The lowest BCUT2D eigenvalue weighted by Gasteiger charge is -2.02. The molecule has 0 aliphatic heterocycles. The Morgan fingerprint density at radius 1 is 1.25 bits per heavy atom. The molecule has 0 saturated heterocycles. The summed E-state index contributed by atoms with van der Waals surface area (Å²) in [7, 11) is -3.64. The Balaban J connectivity index is 2.20. The first kappa shape index (κ1) is 10.6. The number of nitrogens with one attached hydrogen (secondary N) is 2.